The van der Waals surface area contributed by atoms with Crippen LogP contribution in [-0.2, 0) is 0 Å². The zero-order valence-electron chi connectivity index (χ0n) is 13.8. The molecule has 6 nitrogen and oxygen atoms in total. The topological polar surface area (TPSA) is 58.6 Å². The lowest BCUT2D eigenvalue weighted by molar-refractivity contribution is 0.0969. The molecule has 0 bridgehead atoms. The Morgan fingerprint density at radius 3 is 2.56 bits per heavy atom. The summed E-state index contributed by atoms with van der Waals surface area (Å²) in [4.78, 5) is 17.0. The molecule has 7 heteroatoms. The van der Waals surface area contributed by atoms with Crippen molar-refractivity contribution in [3.63, 3.8) is 0 Å². The van der Waals surface area contributed by atoms with Gasteiger partial charge in [0, 0.05) is 18.1 Å². The summed E-state index contributed by atoms with van der Waals surface area (Å²) in [5.41, 5.74) is 3.08. The van der Waals surface area contributed by atoms with E-state index < -0.39 is 0 Å². The monoisotopic (exact) mass is 352 g/mol. The Hall–Kier alpha value is -2.93. The molecule has 0 N–H and O–H groups in total. The summed E-state index contributed by atoms with van der Waals surface area (Å²) in [6.07, 6.45) is -0.352. The molecule has 1 aromatic heterocycles. The molecule has 0 fully saturated rings. The second kappa shape index (κ2) is 6.18. The average molecular weight is 352 g/mol. The minimum absolute atomic E-state index is 0.0585. The van der Waals surface area contributed by atoms with Gasteiger partial charge in [0.15, 0.2) is 6.17 Å². The van der Waals surface area contributed by atoms with Crippen molar-refractivity contribution in [2.45, 2.75) is 6.17 Å². The first kappa shape index (κ1) is 15.6. The number of fused-ring (bicyclic) bond motifs is 1. The molecule has 2 aromatic carbocycles. The zero-order valence-corrected chi connectivity index (χ0v) is 14.6. The number of rotatable bonds is 3. The number of amides is 1. The van der Waals surface area contributed by atoms with E-state index in [9.17, 15) is 4.79 Å². The molecule has 4 rings (SSSR count). The Kier molecular flexibility index (Phi) is 3.85. The Morgan fingerprint density at radius 2 is 1.88 bits per heavy atom. The lowest BCUT2D eigenvalue weighted by Crippen LogP contribution is -2.48. The van der Waals surface area contributed by atoms with E-state index in [1.165, 1.54) is 11.5 Å². The molecule has 1 amide bonds. The van der Waals surface area contributed by atoms with Crippen LogP contribution in [-0.4, -0.2) is 29.7 Å². The highest BCUT2D eigenvalue weighted by Crippen LogP contribution is 2.40. The lowest BCUT2D eigenvalue weighted by atomic mass is 10.0. The van der Waals surface area contributed by atoms with E-state index in [2.05, 4.69) is 14.5 Å². The molecule has 1 unspecified atom stereocenters. The second-order valence-electron chi connectivity index (χ2n) is 5.70. The fraction of sp³-hybridized carbons (Fsp3) is 0.167. The maximum atomic E-state index is 13.2. The summed E-state index contributed by atoms with van der Waals surface area (Å²) < 4.78 is 9.20. The van der Waals surface area contributed by atoms with Crippen LogP contribution in [0.4, 0.5) is 11.4 Å². The maximum absolute atomic E-state index is 13.2. The fourth-order valence-corrected chi connectivity index (χ4v) is 3.59. The van der Waals surface area contributed by atoms with E-state index >= 15 is 0 Å². The van der Waals surface area contributed by atoms with E-state index in [0.29, 0.717) is 5.56 Å². The minimum Gasteiger partial charge on any atom is -0.497 e. The summed E-state index contributed by atoms with van der Waals surface area (Å²) in [5.74, 6) is 0.686. The number of anilines is 2. The first-order valence-corrected chi connectivity index (χ1v) is 8.61. The van der Waals surface area contributed by atoms with Gasteiger partial charge in [-0.1, -0.05) is 16.6 Å². The summed E-state index contributed by atoms with van der Waals surface area (Å²) in [6, 6.07) is 15.1. The van der Waals surface area contributed by atoms with Crippen LogP contribution in [0, 0.1) is 0 Å². The molecule has 2 heterocycles. The number of hydrogen-bond acceptors (Lipinski definition) is 6. The Labute approximate surface area is 149 Å². The molecule has 25 heavy (non-hydrogen) atoms. The van der Waals surface area contributed by atoms with Gasteiger partial charge in [-0.3, -0.25) is 9.69 Å². The predicted molar refractivity (Wildman–Crippen MR) is 97.3 cm³/mol. The van der Waals surface area contributed by atoms with Crippen molar-refractivity contribution in [2.75, 3.05) is 24.0 Å². The van der Waals surface area contributed by atoms with Crippen molar-refractivity contribution in [1.29, 1.82) is 0 Å². The number of methoxy groups -OCH3 is 1. The van der Waals surface area contributed by atoms with Crippen LogP contribution < -0.4 is 14.5 Å². The van der Waals surface area contributed by atoms with E-state index in [1.54, 1.807) is 12.0 Å². The Bertz CT molecular complexity index is 896. The van der Waals surface area contributed by atoms with Crippen molar-refractivity contribution in [1.82, 2.24) is 9.59 Å². The van der Waals surface area contributed by atoms with Crippen molar-refractivity contribution in [2.24, 2.45) is 0 Å². The van der Waals surface area contributed by atoms with Crippen LogP contribution in [0.1, 0.15) is 22.2 Å². The second-order valence-corrected chi connectivity index (χ2v) is 6.31. The van der Waals surface area contributed by atoms with Gasteiger partial charge < -0.3 is 9.64 Å². The number of aromatic nitrogens is 2. The van der Waals surface area contributed by atoms with Crippen LogP contribution in [0.5, 0.6) is 5.75 Å². The average Bonchev–Trinajstić information content (AvgIpc) is 3.19. The van der Waals surface area contributed by atoms with E-state index in [1.807, 2.05) is 61.0 Å². The summed E-state index contributed by atoms with van der Waals surface area (Å²) in [5, 5.41) is 6.09. The Balaban J connectivity index is 1.87. The Morgan fingerprint density at radius 1 is 1.12 bits per heavy atom. The van der Waals surface area contributed by atoms with E-state index in [4.69, 9.17) is 4.74 Å². The van der Waals surface area contributed by atoms with Gasteiger partial charge in [0.2, 0.25) is 0 Å². The minimum atomic E-state index is -0.352. The van der Waals surface area contributed by atoms with E-state index in [0.717, 1.165) is 22.8 Å². The standard InChI is InChI=1S/C18H16N4O2S/c1-21-16-6-4-3-5-14(16)18(23)22(17(21)15-11-25-20-19-15)12-7-9-13(24-2)10-8-12/h3-11,17H,1-2H3. The third-order valence-corrected chi connectivity index (χ3v) is 4.86. The van der Waals surface area contributed by atoms with Gasteiger partial charge >= 0.3 is 0 Å². The first-order valence-electron chi connectivity index (χ1n) is 7.77. The van der Waals surface area contributed by atoms with Crippen molar-refractivity contribution in [3.8, 4) is 5.75 Å². The van der Waals surface area contributed by atoms with Crippen LogP contribution in [0.3, 0.4) is 0 Å². The molecule has 1 atom stereocenters. The number of nitrogens with zero attached hydrogens (tertiary/aromatic N) is 4. The highest BCUT2D eigenvalue weighted by Gasteiger charge is 2.38. The molecule has 3 aromatic rings. The molecule has 0 spiro atoms. The van der Waals surface area contributed by atoms with Gasteiger partial charge in [-0.2, -0.15) is 0 Å². The third-order valence-electron chi connectivity index (χ3n) is 4.34. The molecule has 1 aliphatic rings. The zero-order chi connectivity index (χ0) is 17.4. The summed E-state index contributed by atoms with van der Waals surface area (Å²) >= 11 is 1.28. The molecule has 0 aliphatic carbocycles. The van der Waals surface area contributed by atoms with Crippen LogP contribution in [0.25, 0.3) is 0 Å². The fourth-order valence-electron chi connectivity index (χ4n) is 3.12. The van der Waals surface area contributed by atoms with Crippen molar-refractivity contribution < 1.29 is 9.53 Å². The van der Waals surface area contributed by atoms with Gasteiger partial charge in [-0.05, 0) is 47.9 Å². The third kappa shape index (κ3) is 2.53. The number of carbonyl (C=O) groups excluding carboxylic acids is 1. The van der Waals surface area contributed by atoms with Crippen molar-refractivity contribution in [3.05, 3.63) is 65.2 Å². The quantitative estimate of drug-likeness (QED) is 0.723. The summed E-state index contributed by atoms with van der Waals surface area (Å²) in [6.45, 7) is 0. The predicted octanol–water partition coefficient (Wildman–Crippen LogP) is 3.34. The van der Waals surface area contributed by atoms with Crippen molar-refractivity contribution >= 4 is 28.8 Å². The number of para-hydroxylation sites is 1. The molecule has 0 saturated carbocycles. The normalized spacial score (nSPS) is 16.7. The van der Waals surface area contributed by atoms with Gasteiger partial charge in [0.25, 0.3) is 5.91 Å². The SMILES string of the molecule is COc1ccc(N2C(=O)c3ccccc3N(C)C2c2csnn2)cc1. The first-order chi connectivity index (χ1) is 12.2. The molecule has 0 saturated heterocycles. The molecule has 1 aliphatic heterocycles. The number of benzene rings is 2. The van der Waals surface area contributed by atoms with Gasteiger partial charge in [0.1, 0.15) is 11.4 Å². The molecule has 126 valence electrons. The number of ether oxygens (including phenoxy) is 1. The lowest BCUT2D eigenvalue weighted by Gasteiger charge is -2.42. The highest BCUT2D eigenvalue weighted by molar-refractivity contribution is 7.03. The summed E-state index contributed by atoms with van der Waals surface area (Å²) in [7, 11) is 3.58. The van der Waals surface area contributed by atoms with Gasteiger partial charge in [0.05, 0.1) is 18.4 Å². The number of carbonyl (C=O) groups is 1. The number of hydrogen-bond donors (Lipinski definition) is 0. The highest BCUT2D eigenvalue weighted by atomic mass is 32.1. The largest absolute Gasteiger partial charge is 0.497 e. The van der Waals surface area contributed by atoms with Crippen LogP contribution >= 0.6 is 11.5 Å². The molecular formula is C18H16N4O2S. The van der Waals surface area contributed by atoms with Crippen LogP contribution in [0.15, 0.2) is 53.9 Å². The maximum Gasteiger partial charge on any atom is 0.262 e. The molecular weight excluding hydrogens is 336 g/mol. The molecule has 0 radical (unpaired) electrons. The van der Waals surface area contributed by atoms with Crippen LogP contribution in [0.2, 0.25) is 0 Å². The van der Waals surface area contributed by atoms with E-state index in [-0.39, 0.29) is 12.1 Å². The van der Waals surface area contributed by atoms with Gasteiger partial charge in [-0.25, -0.2) is 0 Å². The smallest absolute Gasteiger partial charge is 0.262 e. The van der Waals surface area contributed by atoms with Gasteiger partial charge in [-0.15, -0.1) is 5.10 Å².